The molecule has 0 spiro atoms. The van der Waals surface area contributed by atoms with Gasteiger partial charge in [0.2, 0.25) is 0 Å². The maximum absolute atomic E-state index is 9.11. The Morgan fingerprint density at radius 3 is 2.44 bits per heavy atom. The van der Waals surface area contributed by atoms with E-state index in [1.165, 1.54) is 0 Å². The Balaban J connectivity index is 2.84. The van der Waals surface area contributed by atoms with E-state index in [4.69, 9.17) is 14.1 Å². The van der Waals surface area contributed by atoms with Gasteiger partial charge in [0, 0.05) is 0 Å². The van der Waals surface area contributed by atoms with Gasteiger partial charge in [-0.1, -0.05) is 20.8 Å². The quantitative estimate of drug-likeness (QED) is 0.750. The SMILES string of the molecule is CC(C)(C)[Si](C)(C)O[C@@H](C#N)c1ccco1. The summed E-state index contributed by atoms with van der Waals surface area (Å²) in [5.74, 6) is 0.590. The summed E-state index contributed by atoms with van der Waals surface area (Å²) in [6.45, 7) is 10.7. The van der Waals surface area contributed by atoms with E-state index in [9.17, 15) is 0 Å². The molecule has 0 aliphatic rings. The average Bonchev–Trinajstić information content (AvgIpc) is 2.65. The summed E-state index contributed by atoms with van der Waals surface area (Å²) >= 11 is 0. The molecule has 0 radical (unpaired) electrons. The molecule has 1 rings (SSSR count). The third kappa shape index (κ3) is 2.74. The van der Waals surface area contributed by atoms with Crippen LogP contribution < -0.4 is 0 Å². The normalized spacial score (nSPS) is 14.5. The van der Waals surface area contributed by atoms with Gasteiger partial charge < -0.3 is 8.84 Å². The molecule has 1 aromatic rings. The first-order valence-electron chi connectivity index (χ1n) is 5.39. The minimum atomic E-state index is -1.93. The van der Waals surface area contributed by atoms with Gasteiger partial charge in [-0.05, 0) is 30.3 Å². The lowest BCUT2D eigenvalue weighted by Gasteiger charge is -2.37. The highest BCUT2D eigenvalue weighted by Crippen LogP contribution is 2.39. The second kappa shape index (κ2) is 4.44. The van der Waals surface area contributed by atoms with Gasteiger partial charge >= 0.3 is 0 Å². The molecular weight excluding hydrogens is 218 g/mol. The van der Waals surface area contributed by atoms with Crippen molar-refractivity contribution in [3.63, 3.8) is 0 Å². The molecule has 0 amide bonds. The third-order valence-electron chi connectivity index (χ3n) is 3.14. The summed E-state index contributed by atoms with van der Waals surface area (Å²) in [6, 6.07) is 5.70. The minimum absolute atomic E-state index is 0.0920. The molecule has 88 valence electrons. The Morgan fingerprint density at radius 2 is 2.06 bits per heavy atom. The summed E-state index contributed by atoms with van der Waals surface area (Å²) in [6.07, 6.45) is 0.977. The molecule has 0 aliphatic carbocycles. The summed E-state index contributed by atoms with van der Waals surface area (Å²) in [5.41, 5.74) is 0. The molecule has 1 aromatic heterocycles. The number of rotatable bonds is 3. The molecule has 0 aromatic carbocycles. The van der Waals surface area contributed by atoms with Gasteiger partial charge in [0.1, 0.15) is 11.8 Å². The Bertz CT molecular complexity index is 371. The molecule has 0 saturated heterocycles. The van der Waals surface area contributed by atoms with E-state index in [-0.39, 0.29) is 5.04 Å². The summed E-state index contributed by atoms with van der Waals surface area (Å²) in [4.78, 5) is 0. The molecule has 1 heterocycles. The number of nitriles is 1. The zero-order valence-corrected chi connectivity index (χ0v) is 11.6. The van der Waals surface area contributed by atoms with Crippen molar-refractivity contribution >= 4 is 8.32 Å². The van der Waals surface area contributed by atoms with Crippen LogP contribution in [-0.2, 0) is 4.43 Å². The monoisotopic (exact) mass is 237 g/mol. The third-order valence-corrected chi connectivity index (χ3v) is 7.57. The fourth-order valence-corrected chi connectivity index (χ4v) is 2.17. The van der Waals surface area contributed by atoms with Crippen LogP contribution in [0, 0.1) is 11.3 Å². The van der Waals surface area contributed by atoms with Crippen LogP contribution in [0.15, 0.2) is 22.8 Å². The lowest BCUT2D eigenvalue weighted by Crippen LogP contribution is -2.41. The van der Waals surface area contributed by atoms with Crippen LogP contribution in [0.25, 0.3) is 0 Å². The van der Waals surface area contributed by atoms with Gasteiger partial charge in [-0.3, -0.25) is 0 Å². The van der Waals surface area contributed by atoms with Crippen molar-refractivity contribution in [3.05, 3.63) is 24.2 Å². The van der Waals surface area contributed by atoms with Crippen LogP contribution in [0.3, 0.4) is 0 Å². The Labute approximate surface area is 98.2 Å². The van der Waals surface area contributed by atoms with Crippen LogP contribution >= 0.6 is 0 Å². The minimum Gasteiger partial charge on any atom is -0.465 e. The molecule has 3 nitrogen and oxygen atoms in total. The Morgan fingerprint density at radius 1 is 1.44 bits per heavy atom. The largest absolute Gasteiger partial charge is 0.465 e. The summed E-state index contributed by atoms with van der Waals surface area (Å²) in [5, 5.41) is 9.21. The molecular formula is C12H19NO2Si. The van der Waals surface area contributed by atoms with Crippen molar-refractivity contribution in [2.45, 2.75) is 45.0 Å². The van der Waals surface area contributed by atoms with E-state index >= 15 is 0 Å². The van der Waals surface area contributed by atoms with Gasteiger partial charge in [-0.2, -0.15) is 5.26 Å². The maximum atomic E-state index is 9.11. The van der Waals surface area contributed by atoms with Crippen molar-refractivity contribution in [1.29, 1.82) is 5.26 Å². The van der Waals surface area contributed by atoms with Crippen LogP contribution in [-0.4, -0.2) is 8.32 Å². The summed E-state index contributed by atoms with van der Waals surface area (Å²) in [7, 11) is -1.93. The van der Waals surface area contributed by atoms with E-state index in [1.54, 1.807) is 18.4 Å². The van der Waals surface area contributed by atoms with Gasteiger partial charge in [-0.25, -0.2) is 0 Å². The second-order valence-corrected chi connectivity index (χ2v) is 10.2. The topological polar surface area (TPSA) is 46.2 Å². The fraction of sp³-hybridized carbons (Fsp3) is 0.583. The highest BCUT2D eigenvalue weighted by molar-refractivity contribution is 6.74. The molecule has 4 heteroatoms. The van der Waals surface area contributed by atoms with Gasteiger partial charge in [0.25, 0.3) is 0 Å². The molecule has 0 N–H and O–H groups in total. The van der Waals surface area contributed by atoms with E-state index < -0.39 is 14.4 Å². The van der Waals surface area contributed by atoms with Gasteiger partial charge in [0.15, 0.2) is 14.4 Å². The predicted octanol–water partition coefficient (Wildman–Crippen LogP) is 3.87. The average molecular weight is 237 g/mol. The van der Waals surface area contributed by atoms with Gasteiger partial charge in [0.05, 0.1) is 6.26 Å². The fourth-order valence-electron chi connectivity index (χ4n) is 1.06. The first kappa shape index (κ1) is 13.0. The molecule has 1 atom stereocenters. The molecule has 0 fully saturated rings. The first-order chi connectivity index (χ1) is 7.28. The molecule has 0 unspecified atom stereocenters. The van der Waals surface area contributed by atoms with Crippen molar-refractivity contribution in [2.24, 2.45) is 0 Å². The lowest BCUT2D eigenvalue weighted by atomic mass is 10.2. The summed E-state index contributed by atoms with van der Waals surface area (Å²) < 4.78 is 11.2. The maximum Gasteiger partial charge on any atom is 0.194 e. The highest BCUT2D eigenvalue weighted by atomic mass is 28.4. The highest BCUT2D eigenvalue weighted by Gasteiger charge is 2.40. The van der Waals surface area contributed by atoms with Crippen LogP contribution in [0.1, 0.15) is 32.6 Å². The number of hydrogen-bond acceptors (Lipinski definition) is 3. The zero-order valence-electron chi connectivity index (χ0n) is 10.6. The number of nitrogens with zero attached hydrogens (tertiary/aromatic N) is 1. The van der Waals surface area contributed by atoms with E-state index in [2.05, 4.69) is 39.9 Å². The molecule has 0 bridgehead atoms. The van der Waals surface area contributed by atoms with Crippen molar-refractivity contribution in [3.8, 4) is 6.07 Å². The van der Waals surface area contributed by atoms with Crippen molar-refractivity contribution in [1.82, 2.24) is 0 Å². The lowest BCUT2D eigenvalue weighted by molar-refractivity contribution is 0.207. The van der Waals surface area contributed by atoms with Crippen LogP contribution in [0.5, 0.6) is 0 Å². The van der Waals surface area contributed by atoms with Crippen molar-refractivity contribution < 1.29 is 8.84 Å². The standard InChI is InChI=1S/C12H19NO2Si/c1-12(2,3)16(4,5)15-11(9-13)10-7-6-8-14-10/h6-8,11H,1-5H3/t11-/m0/s1. The van der Waals surface area contributed by atoms with E-state index in [1.807, 2.05) is 0 Å². The number of furan rings is 1. The Kier molecular flexibility index (Phi) is 3.61. The van der Waals surface area contributed by atoms with Crippen LogP contribution in [0.2, 0.25) is 18.1 Å². The van der Waals surface area contributed by atoms with Crippen LogP contribution in [0.4, 0.5) is 0 Å². The van der Waals surface area contributed by atoms with E-state index in [0.29, 0.717) is 5.76 Å². The smallest absolute Gasteiger partial charge is 0.194 e. The molecule has 16 heavy (non-hydrogen) atoms. The second-order valence-electron chi connectivity index (χ2n) is 5.40. The molecule has 0 saturated carbocycles. The van der Waals surface area contributed by atoms with Gasteiger partial charge in [-0.15, -0.1) is 0 Å². The predicted molar refractivity (Wildman–Crippen MR) is 65.3 cm³/mol. The molecule has 0 aliphatic heterocycles. The number of hydrogen-bond donors (Lipinski definition) is 0. The Hall–Kier alpha value is -1.05. The van der Waals surface area contributed by atoms with Crippen molar-refractivity contribution in [2.75, 3.05) is 0 Å². The first-order valence-corrected chi connectivity index (χ1v) is 8.29. The van der Waals surface area contributed by atoms with E-state index in [0.717, 1.165) is 0 Å². The zero-order chi connectivity index (χ0) is 12.4.